The predicted octanol–water partition coefficient (Wildman–Crippen LogP) is 2.74. The van der Waals surface area contributed by atoms with E-state index in [2.05, 4.69) is 5.32 Å². The summed E-state index contributed by atoms with van der Waals surface area (Å²) in [4.78, 5) is 27.8. The lowest BCUT2D eigenvalue weighted by Crippen LogP contribution is -2.43. The van der Waals surface area contributed by atoms with Gasteiger partial charge in [-0.25, -0.2) is 8.42 Å². The van der Waals surface area contributed by atoms with Crippen molar-refractivity contribution in [3.63, 3.8) is 0 Å². The third-order valence-corrected chi connectivity index (χ3v) is 9.25. The van der Waals surface area contributed by atoms with Crippen molar-refractivity contribution in [1.29, 1.82) is 0 Å². The van der Waals surface area contributed by atoms with Crippen LogP contribution in [0.15, 0.2) is 46.2 Å². The molecule has 2 aromatic rings. The van der Waals surface area contributed by atoms with Crippen LogP contribution in [0.3, 0.4) is 0 Å². The van der Waals surface area contributed by atoms with Gasteiger partial charge in [-0.2, -0.15) is 4.31 Å². The predicted molar refractivity (Wildman–Crippen MR) is 131 cm³/mol. The van der Waals surface area contributed by atoms with Crippen LogP contribution in [0.5, 0.6) is 11.5 Å². The second-order valence-corrected chi connectivity index (χ2v) is 11.6. The Labute approximate surface area is 208 Å². The Bertz CT molecular complexity index is 1240. The van der Waals surface area contributed by atoms with E-state index in [1.165, 1.54) is 27.0 Å². The van der Waals surface area contributed by atoms with Gasteiger partial charge in [0.25, 0.3) is 0 Å². The smallest absolute Gasteiger partial charge is 0.243 e. The lowest BCUT2D eigenvalue weighted by Gasteiger charge is -2.29. The number of sulfonamides is 1. The van der Waals surface area contributed by atoms with E-state index in [4.69, 9.17) is 9.47 Å². The van der Waals surface area contributed by atoms with Gasteiger partial charge in [0, 0.05) is 24.5 Å². The van der Waals surface area contributed by atoms with Gasteiger partial charge in [0.05, 0.1) is 16.3 Å². The quantitative estimate of drug-likeness (QED) is 0.628. The molecule has 3 aliphatic heterocycles. The van der Waals surface area contributed by atoms with E-state index in [1.807, 2.05) is 6.07 Å². The number of thioether (sulfide) groups is 1. The number of carbonyl (C=O) groups excluding carboxylic acids is 2. The number of amides is 2. The topological polar surface area (TPSA) is 105 Å². The summed E-state index contributed by atoms with van der Waals surface area (Å²) in [7, 11) is -3.68. The molecule has 0 spiro atoms. The molecule has 1 saturated heterocycles. The van der Waals surface area contributed by atoms with Gasteiger partial charge >= 0.3 is 0 Å². The minimum absolute atomic E-state index is 0.152. The molecule has 0 atom stereocenters. The molecular formula is C24H27N3O6S2. The van der Waals surface area contributed by atoms with Gasteiger partial charge in [-0.05, 0) is 48.7 Å². The molecule has 11 heteroatoms. The molecule has 0 bridgehead atoms. The second-order valence-electron chi connectivity index (χ2n) is 8.68. The van der Waals surface area contributed by atoms with Crippen molar-refractivity contribution in [3.8, 4) is 11.5 Å². The molecule has 35 heavy (non-hydrogen) atoms. The first-order valence-electron chi connectivity index (χ1n) is 11.6. The highest BCUT2D eigenvalue weighted by Crippen LogP contribution is 2.37. The molecule has 0 aliphatic carbocycles. The van der Waals surface area contributed by atoms with Crippen LogP contribution in [0.2, 0.25) is 0 Å². The van der Waals surface area contributed by atoms with Crippen molar-refractivity contribution in [1.82, 2.24) is 9.62 Å². The van der Waals surface area contributed by atoms with Gasteiger partial charge in [0.15, 0.2) is 11.5 Å². The number of rotatable bonds is 6. The number of fused-ring (bicyclic) bond motifs is 2. The first-order chi connectivity index (χ1) is 16.9. The molecule has 1 fully saturated rings. The molecule has 2 aromatic carbocycles. The average molecular weight is 518 g/mol. The zero-order chi connectivity index (χ0) is 24.4. The number of hydrogen-bond donors (Lipinski definition) is 1. The average Bonchev–Trinajstić information content (AvgIpc) is 3.14. The number of ether oxygens (including phenoxy) is 2. The summed E-state index contributed by atoms with van der Waals surface area (Å²) >= 11 is 1.35. The fraction of sp³-hybridized carbons (Fsp3) is 0.417. The number of hydrogen-bond acceptors (Lipinski definition) is 7. The lowest BCUT2D eigenvalue weighted by molar-refractivity contribution is -0.123. The van der Waals surface area contributed by atoms with Gasteiger partial charge in [-0.15, -0.1) is 11.8 Å². The van der Waals surface area contributed by atoms with E-state index < -0.39 is 10.0 Å². The normalized spacial score (nSPS) is 18.2. The number of anilines is 1. The van der Waals surface area contributed by atoms with E-state index in [-0.39, 0.29) is 42.3 Å². The Morgan fingerprint density at radius 2 is 1.77 bits per heavy atom. The Morgan fingerprint density at radius 3 is 2.57 bits per heavy atom. The number of benzene rings is 2. The maximum Gasteiger partial charge on any atom is 0.243 e. The van der Waals surface area contributed by atoms with Crippen LogP contribution in [-0.2, 0) is 26.2 Å². The Kier molecular flexibility index (Phi) is 6.90. The van der Waals surface area contributed by atoms with Crippen LogP contribution in [0.1, 0.15) is 31.2 Å². The monoisotopic (exact) mass is 517 g/mol. The lowest BCUT2D eigenvalue weighted by atomic mass is 10.2. The van der Waals surface area contributed by atoms with E-state index in [1.54, 1.807) is 24.3 Å². The highest BCUT2D eigenvalue weighted by atomic mass is 32.2. The molecule has 186 valence electrons. The molecule has 9 nitrogen and oxygen atoms in total. The second kappa shape index (κ2) is 10.1. The SMILES string of the molecule is O=C(CN1C(=O)CSc2ccc(S(=O)(=O)N3CCCCCC3)cc21)NCc1ccc2c(c1)OCO2. The maximum atomic E-state index is 13.3. The van der Waals surface area contributed by atoms with Gasteiger partial charge in [-0.3, -0.25) is 9.59 Å². The van der Waals surface area contributed by atoms with E-state index in [0.29, 0.717) is 30.3 Å². The summed E-state index contributed by atoms with van der Waals surface area (Å²) in [5.74, 6) is 0.923. The van der Waals surface area contributed by atoms with Gasteiger partial charge < -0.3 is 19.7 Å². The van der Waals surface area contributed by atoms with Crippen LogP contribution in [-0.4, -0.2) is 56.7 Å². The van der Waals surface area contributed by atoms with Crippen LogP contribution in [0.25, 0.3) is 0 Å². The Balaban J connectivity index is 1.31. The largest absolute Gasteiger partial charge is 0.454 e. The molecule has 5 rings (SSSR count). The van der Waals surface area contributed by atoms with Crippen molar-refractivity contribution >= 4 is 39.3 Å². The van der Waals surface area contributed by atoms with Crippen LogP contribution in [0, 0.1) is 0 Å². The maximum absolute atomic E-state index is 13.3. The van der Waals surface area contributed by atoms with Crippen LogP contribution >= 0.6 is 11.8 Å². The van der Waals surface area contributed by atoms with Crippen LogP contribution in [0.4, 0.5) is 5.69 Å². The first-order valence-corrected chi connectivity index (χ1v) is 14.1. The highest BCUT2D eigenvalue weighted by Gasteiger charge is 2.31. The fourth-order valence-corrected chi connectivity index (χ4v) is 6.85. The molecular weight excluding hydrogens is 490 g/mol. The van der Waals surface area contributed by atoms with Gasteiger partial charge in [-0.1, -0.05) is 18.9 Å². The molecule has 3 heterocycles. The van der Waals surface area contributed by atoms with Gasteiger partial charge in [0.2, 0.25) is 28.6 Å². The summed E-state index contributed by atoms with van der Waals surface area (Å²) < 4.78 is 38.8. The van der Waals surface area contributed by atoms with Crippen molar-refractivity contribution in [3.05, 3.63) is 42.0 Å². The number of nitrogens with one attached hydrogen (secondary N) is 1. The minimum atomic E-state index is -3.68. The molecule has 0 unspecified atom stereocenters. The molecule has 3 aliphatic rings. The molecule has 1 N–H and O–H groups in total. The number of nitrogens with zero attached hydrogens (tertiary/aromatic N) is 2. The number of carbonyl (C=O) groups is 2. The fourth-order valence-electron chi connectivity index (χ4n) is 4.40. The summed E-state index contributed by atoms with van der Waals surface area (Å²) in [6.45, 7) is 1.25. The van der Waals surface area contributed by atoms with Crippen LogP contribution < -0.4 is 19.7 Å². The van der Waals surface area contributed by atoms with E-state index in [9.17, 15) is 18.0 Å². The molecule has 2 amide bonds. The minimum Gasteiger partial charge on any atom is -0.454 e. The summed E-state index contributed by atoms with van der Waals surface area (Å²) in [5, 5.41) is 2.83. The van der Waals surface area contributed by atoms with E-state index >= 15 is 0 Å². The summed E-state index contributed by atoms with van der Waals surface area (Å²) in [5.41, 5.74) is 1.30. The zero-order valence-electron chi connectivity index (χ0n) is 19.2. The summed E-state index contributed by atoms with van der Waals surface area (Å²) in [6, 6.07) is 10.3. The van der Waals surface area contributed by atoms with E-state index in [0.717, 1.165) is 36.1 Å². The van der Waals surface area contributed by atoms with Crippen molar-refractivity contribution in [2.75, 3.05) is 37.1 Å². The highest BCUT2D eigenvalue weighted by molar-refractivity contribution is 8.00. The zero-order valence-corrected chi connectivity index (χ0v) is 20.8. The van der Waals surface area contributed by atoms with Gasteiger partial charge in [0.1, 0.15) is 6.54 Å². The summed E-state index contributed by atoms with van der Waals surface area (Å²) in [6.07, 6.45) is 3.73. The van der Waals surface area contributed by atoms with Crippen molar-refractivity contribution in [2.45, 2.75) is 42.0 Å². The van der Waals surface area contributed by atoms with Crippen molar-refractivity contribution < 1.29 is 27.5 Å². The third-order valence-electron chi connectivity index (χ3n) is 6.30. The molecule has 0 saturated carbocycles. The molecule has 0 radical (unpaired) electrons. The Morgan fingerprint density at radius 1 is 1.00 bits per heavy atom. The standard InChI is InChI=1S/C24H27N3O6S2/c28-23(25-13-17-5-7-20-21(11-17)33-16-32-20)14-27-19-12-18(6-8-22(19)34-15-24(27)29)35(30,31)26-9-3-1-2-4-10-26/h5-8,11-12H,1-4,9-10,13-16H2,(H,25,28). The first kappa shape index (κ1) is 24.0. The Hall–Kier alpha value is -2.76. The van der Waals surface area contributed by atoms with Crippen molar-refractivity contribution in [2.24, 2.45) is 0 Å². The third kappa shape index (κ3) is 5.12. The molecule has 0 aromatic heterocycles.